The summed E-state index contributed by atoms with van der Waals surface area (Å²) in [6, 6.07) is 65.1. The molecule has 3 heterocycles. The number of anilines is 6. The van der Waals surface area contributed by atoms with Gasteiger partial charge in [0.15, 0.2) is 11.2 Å². The highest BCUT2D eigenvalue weighted by atomic mass is 16.3. The summed E-state index contributed by atoms with van der Waals surface area (Å²) in [6.45, 7) is 8.48. The Balaban J connectivity index is 1.11. The summed E-state index contributed by atoms with van der Waals surface area (Å²) in [4.78, 5) is 4.68. The van der Waals surface area contributed by atoms with Crippen LogP contribution in [0.5, 0.6) is 0 Å². The summed E-state index contributed by atoms with van der Waals surface area (Å²) in [5.74, 6) is 0. The minimum atomic E-state index is 0.803. The van der Waals surface area contributed by atoms with Crippen LogP contribution in [-0.4, -0.2) is 0 Å². The number of rotatable bonds is 6. The van der Waals surface area contributed by atoms with Gasteiger partial charge in [0.25, 0.3) is 0 Å². The summed E-state index contributed by atoms with van der Waals surface area (Å²) in [5, 5.41) is 11.0. The van der Waals surface area contributed by atoms with E-state index < -0.39 is 0 Å². The van der Waals surface area contributed by atoms with E-state index in [0.717, 1.165) is 133 Å². The number of benzene rings is 10. The van der Waals surface area contributed by atoms with Crippen molar-refractivity contribution in [3.05, 3.63) is 204 Å². The van der Waals surface area contributed by atoms with Crippen LogP contribution < -0.4 is 9.80 Å². The van der Waals surface area contributed by atoms with Crippen molar-refractivity contribution in [2.45, 2.75) is 27.7 Å². The lowest BCUT2D eigenvalue weighted by Crippen LogP contribution is -2.11. The van der Waals surface area contributed by atoms with Gasteiger partial charge < -0.3 is 23.1 Å². The van der Waals surface area contributed by atoms with Gasteiger partial charge in [0, 0.05) is 66.6 Å². The van der Waals surface area contributed by atoms with Gasteiger partial charge in [-0.1, -0.05) is 145 Å². The number of fused-ring (bicyclic) bond motifs is 13. The molecule has 0 saturated heterocycles. The van der Waals surface area contributed by atoms with Crippen LogP contribution in [0.1, 0.15) is 22.3 Å². The highest BCUT2D eigenvalue weighted by Gasteiger charge is 2.27. The molecular formula is C60H42N2O3. The van der Waals surface area contributed by atoms with Gasteiger partial charge in [-0.3, -0.25) is 0 Å². The molecule has 0 radical (unpaired) electrons. The van der Waals surface area contributed by atoms with Crippen molar-refractivity contribution in [3.63, 3.8) is 0 Å². The van der Waals surface area contributed by atoms with E-state index in [1.807, 2.05) is 0 Å². The first-order valence-corrected chi connectivity index (χ1v) is 22.2. The van der Waals surface area contributed by atoms with E-state index in [2.05, 4.69) is 219 Å². The van der Waals surface area contributed by atoms with Crippen molar-refractivity contribution >= 4 is 121 Å². The van der Waals surface area contributed by atoms with E-state index in [1.165, 1.54) is 11.1 Å². The quantitative estimate of drug-likeness (QED) is 0.167. The second-order valence-corrected chi connectivity index (χ2v) is 17.5. The molecule has 0 fully saturated rings. The number of nitrogens with zero attached hydrogens (tertiary/aromatic N) is 2. The zero-order valence-corrected chi connectivity index (χ0v) is 36.4. The number of para-hydroxylation sites is 4. The summed E-state index contributed by atoms with van der Waals surface area (Å²) >= 11 is 0. The molecule has 3 aromatic heterocycles. The largest absolute Gasteiger partial charge is 0.456 e. The third kappa shape index (κ3) is 5.58. The van der Waals surface area contributed by atoms with E-state index in [9.17, 15) is 0 Å². The molecular weight excluding hydrogens is 797 g/mol. The predicted octanol–water partition coefficient (Wildman–Crippen LogP) is 17.9. The third-order valence-corrected chi connectivity index (χ3v) is 13.4. The van der Waals surface area contributed by atoms with E-state index in [-0.39, 0.29) is 0 Å². The van der Waals surface area contributed by atoms with Crippen molar-refractivity contribution in [1.29, 1.82) is 0 Å². The molecule has 0 spiro atoms. The van der Waals surface area contributed by atoms with Gasteiger partial charge in [0.1, 0.15) is 22.3 Å². The molecule has 0 atom stereocenters. The Morgan fingerprint density at radius 2 is 0.646 bits per heavy atom. The van der Waals surface area contributed by atoms with Gasteiger partial charge in [-0.05, 0) is 86.0 Å². The van der Waals surface area contributed by atoms with Crippen molar-refractivity contribution in [2.75, 3.05) is 9.80 Å². The molecule has 0 aliphatic heterocycles. The van der Waals surface area contributed by atoms with E-state index in [4.69, 9.17) is 13.3 Å². The first kappa shape index (κ1) is 37.3. The number of furan rings is 3. The standard InChI is InChI=1S/C60H42N2O3/c1-35-25-29-39(30-26-35)61(49-23-11-21-47-45-19-9-13-37(3)57(45)64-59(47)49)51-33-53-55(43-17-7-5-15-41(43)51)56-44-18-8-6-16-42(44)52(34-54(56)63-53)62(40-31-27-36(2)28-32-40)50-24-12-22-48-46-20-10-14-38(4)58(46)65-60(48)50/h5-34H,1-4H3. The summed E-state index contributed by atoms with van der Waals surface area (Å²) in [6.07, 6.45) is 0. The topological polar surface area (TPSA) is 45.9 Å². The monoisotopic (exact) mass is 838 g/mol. The van der Waals surface area contributed by atoms with Crippen LogP contribution in [0.15, 0.2) is 195 Å². The molecule has 310 valence electrons. The average molecular weight is 839 g/mol. The zero-order chi connectivity index (χ0) is 43.5. The SMILES string of the molecule is Cc1ccc(N(c2cc3oc4cc(N(c5ccc(C)cc5)c5cccc6c5oc5c(C)cccc56)c5ccccc5c4c3c3ccccc23)c2cccc3c2oc2c(C)cccc23)cc1. The van der Waals surface area contributed by atoms with Crippen molar-refractivity contribution < 1.29 is 13.3 Å². The molecule has 0 amide bonds. The van der Waals surface area contributed by atoms with E-state index >= 15 is 0 Å². The van der Waals surface area contributed by atoms with Gasteiger partial charge in [-0.15, -0.1) is 0 Å². The maximum Gasteiger partial charge on any atom is 0.159 e. The summed E-state index contributed by atoms with van der Waals surface area (Å²) in [7, 11) is 0. The third-order valence-electron chi connectivity index (χ3n) is 13.4. The molecule has 0 bridgehead atoms. The van der Waals surface area contributed by atoms with Gasteiger partial charge in [-0.25, -0.2) is 0 Å². The molecule has 10 aromatic carbocycles. The van der Waals surface area contributed by atoms with Crippen LogP contribution in [-0.2, 0) is 0 Å². The maximum absolute atomic E-state index is 7.23. The fourth-order valence-electron chi connectivity index (χ4n) is 10.3. The van der Waals surface area contributed by atoms with Crippen LogP contribution >= 0.6 is 0 Å². The molecule has 13 aromatic rings. The van der Waals surface area contributed by atoms with Gasteiger partial charge in [0.05, 0.1) is 22.7 Å². The molecule has 65 heavy (non-hydrogen) atoms. The zero-order valence-electron chi connectivity index (χ0n) is 36.4. The van der Waals surface area contributed by atoms with Crippen LogP contribution in [0.4, 0.5) is 34.1 Å². The average Bonchev–Trinajstić information content (AvgIpc) is 4.04. The van der Waals surface area contributed by atoms with Crippen LogP contribution in [0.3, 0.4) is 0 Å². The Morgan fingerprint density at radius 3 is 1.06 bits per heavy atom. The normalized spacial score (nSPS) is 12.0. The lowest BCUT2D eigenvalue weighted by atomic mass is 9.96. The molecule has 0 aliphatic rings. The molecule has 5 nitrogen and oxygen atoms in total. The van der Waals surface area contributed by atoms with Crippen LogP contribution in [0.25, 0.3) is 87.4 Å². The first-order valence-electron chi connectivity index (χ1n) is 22.2. The Bertz CT molecular complexity index is 3790. The Hall–Kier alpha value is -8.28. The Morgan fingerprint density at radius 1 is 0.292 bits per heavy atom. The highest BCUT2D eigenvalue weighted by molar-refractivity contribution is 6.30. The maximum atomic E-state index is 7.23. The van der Waals surface area contributed by atoms with E-state index in [1.54, 1.807) is 0 Å². The van der Waals surface area contributed by atoms with Gasteiger partial charge in [0.2, 0.25) is 0 Å². The molecule has 0 aliphatic carbocycles. The fraction of sp³-hybridized carbons (Fsp3) is 0.0667. The molecule has 0 saturated carbocycles. The molecule has 5 heteroatoms. The fourth-order valence-corrected chi connectivity index (χ4v) is 10.3. The van der Waals surface area contributed by atoms with Crippen LogP contribution in [0.2, 0.25) is 0 Å². The first-order chi connectivity index (χ1) is 31.9. The predicted molar refractivity (Wildman–Crippen MR) is 272 cm³/mol. The minimum absolute atomic E-state index is 0.803. The minimum Gasteiger partial charge on any atom is -0.456 e. The Labute approximate surface area is 374 Å². The van der Waals surface area contributed by atoms with Crippen molar-refractivity contribution in [3.8, 4) is 0 Å². The highest BCUT2D eigenvalue weighted by Crippen LogP contribution is 2.51. The second-order valence-electron chi connectivity index (χ2n) is 17.5. The summed E-state index contributed by atoms with van der Waals surface area (Å²) in [5.41, 5.74) is 15.7. The number of hydrogen-bond acceptors (Lipinski definition) is 5. The second kappa shape index (κ2) is 14.1. The lowest BCUT2D eigenvalue weighted by Gasteiger charge is -2.27. The van der Waals surface area contributed by atoms with Crippen molar-refractivity contribution in [1.82, 2.24) is 0 Å². The Kier molecular flexibility index (Phi) is 8.10. The van der Waals surface area contributed by atoms with Gasteiger partial charge in [-0.2, -0.15) is 0 Å². The van der Waals surface area contributed by atoms with E-state index in [0.29, 0.717) is 0 Å². The van der Waals surface area contributed by atoms with Crippen molar-refractivity contribution in [2.24, 2.45) is 0 Å². The lowest BCUT2D eigenvalue weighted by molar-refractivity contribution is 0.665. The number of aryl methyl sites for hydroxylation is 4. The molecule has 0 N–H and O–H groups in total. The van der Waals surface area contributed by atoms with Crippen LogP contribution in [0, 0.1) is 27.7 Å². The molecule has 0 unspecified atom stereocenters. The van der Waals surface area contributed by atoms with Gasteiger partial charge >= 0.3 is 0 Å². The molecule has 13 rings (SSSR count). The number of hydrogen-bond donors (Lipinski definition) is 0. The summed E-state index contributed by atoms with van der Waals surface area (Å²) < 4.78 is 20.9. The smallest absolute Gasteiger partial charge is 0.159 e.